The van der Waals surface area contributed by atoms with E-state index in [1.54, 1.807) is 18.2 Å². The van der Waals surface area contributed by atoms with Crippen molar-refractivity contribution >= 4 is 35.0 Å². The fourth-order valence-electron chi connectivity index (χ4n) is 1.76. The van der Waals surface area contributed by atoms with Crippen LogP contribution in [0.2, 0.25) is 10.0 Å². The summed E-state index contributed by atoms with van der Waals surface area (Å²) in [5, 5.41) is 18.8. The molecule has 0 aliphatic rings. The number of carboxylic acids is 1. The molecule has 4 N–H and O–H groups in total. The molecule has 0 spiro atoms. The number of hydrogen-bond acceptors (Lipinski definition) is 6. The minimum absolute atomic E-state index is 0.236. The second kappa shape index (κ2) is 6.59. The Hall–Kier alpha value is -2.06. The molecular weight excluding hydrogens is 345 g/mol. The molecule has 120 valence electrons. The molecule has 1 heterocycles. The van der Waals surface area contributed by atoms with Gasteiger partial charge in [-0.2, -0.15) is 0 Å². The smallest absolute Gasteiger partial charge is 0.334 e. The first-order chi connectivity index (χ1) is 10.8. The van der Waals surface area contributed by atoms with Crippen LogP contribution >= 0.6 is 23.2 Å². The van der Waals surface area contributed by atoms with Crippen LogP contribution in [-0.4, -0.2) is 44.1 Å². The van der Waals surface area contributed by atoms with E-state index in [0.29, 0.717) is 21.3 Å². The van der Waals surface area contributed by atoms with Crippen molar-refractivity contribution in [2.24, 2.45) is 5.73 Å². The molecule has 0 fully saturated rings. The van der Waals surface area contributed by atoms with Gasteiger partial charge < -0.3 is 15.9 Å². The van der Waals surface area contributed by atoms with Crippen LogP contribution in [0.3, 0.4) is 0 Å². The summed E-state index contributed by atoms with van der Waals surface area (Å²) in [5.41, 5.74) is 3.63. The summed E-state index contributed by atoms with van der Waals surface area (Å²) < 4.78 is 0. The third kappa shape index (κ3) is 3.32. The summed E-state index contributed by atoms with van der Waals surface area (Å²) in [6.07, 6.45) is 1.09. The van der Waals surface area contributed by atoms with E-state index in [2.05, 4.69) is 9.97 Å². The zero-order chi connectivity index (χ0) is 17.2. The number of benzene rings is 1. The van der Waals surface area contributed by atoms with Crippen LogP contribution in [0.25, 0.3) is 11.3 Å². The Morgan fingerprint density at radius 2 is 1.87 bits per heavy atom. The first-order valence-electron chi connectivity index (χ1n) is 6.25. The van der Waals surface area contributed by atoms with Crippen LogP contribution in [0, 0.1) is 0 Å². The van der Waals surface area contributed by atoms with E-state index < -0.39 is 23.9 Å². The molecule has 0 saturated carbocycles. The van der Waals surface area contributed by atoms with E-state index in [1.165, 1.54) is 6.07 Å². The molecule has 0 radical (unpaired) electrons. The van der Waals surface area contributed by atoms with Gasteiger partial charge >= 0.3 is 5.97 Å². The number of aliphatic carboxylic acids is 1. The van der Waals surface area contributed by atoms with Gasteiger partial charge in [0.05, 0.1) is 22.3 Å². The van der Waals surface area contributed by atoms with Crippen LogP contribution < -0.4 is 5.73 Å². The van der Waals surface area contributed by atoms with Gasteiger partial charge in [0, 0.05) is 5.56 Å². The average molecular weight is 356 g/mol. The minimum atomic E-state index is -2.47. The number of halogens is 2. The van der Waals surface area contributed by atoms with Gasteiger partial charge in [-0.15, -0.1) is 0 Å². The number of carbonyl (C=O) groups excluding carboxylic acids is 1. The molecule has 0 aliphatic heterocycles. The lowest BCUT2D eigenvalue weighted by Crippen LogP contribution is -2.58. The highest BCUT2D eigenvalue weighted by atomic mass is 35.5. The molecule has 0 aliphatic carbocycles. The molecule has 7 nitrogen and oxygen atoms in total. The fraction of sp³-hybridized carbons (Fsp3) is 0.143. The van der Waals surface area contributed by atoms with Crippen LogP contribution in [0.15, 0.2) is 30.6 Å². The molecule has 23 heavy (non-hydrogen) atoms. The topological polar surface area (TPSA) is 126 Å². The number of nitrogens with zero attached hydrogens (tertiary/aromatic N) is 2. The number of Topliss-reactive ketones (excluding diaryl/α,β-unsaturated/α-hetero) is 1. The fourth-order valence-corrected chi connectivity index (χ4v) is 2.06. The number of aliphatic hydroxyl groups excluding tert-OH is 1. The Morgan fingerprint density at radius 1 is 1.17 bits per heavy atom. The lowest BCUT2D eigenvalue weighted by atomic mass is 9.93. The Balaban J connectivity index is 2.46. The molecule has 2 aromatic rings. The van der Waals surface area contributed by atoms with Gasteiger partial charge in [-0.25, -0.2) is 14.8 Å². The maximum absolute atomic E-state index is 12.2. The highest BCUT2D eigenvalue weighted by molar-refractivity contribution is 6.42. The maximum Gasteiger partial charge on any atom is 0.334 e. The molecule has 1 atom stereocenters. The van der Waals surface area contributed by atoms with Crippen molar-refractivity contribution in [1.82, 2.24) is 9.97 Å². The van der Waals surface area contributed by atoms with Crippen molar-refractivity contribution < 1.29 is 19.8 Å². The van der Waals surface area contributed by atoms with E-state index in [1.807, 2.05) is 0 Å². The predicted octanol–water partition coefficient (Wildman–Crippen LogP) is 1.41. The van der Waals surface area contributed by atoms with Crippen molar-refractivity contribution in [2.75, 3.05) is 6.61 Å². The van der Waals surface area contributed by atoms with E-state index >= 15 is 0 Å². The summed E-state index contributed by atoms with van der Waals surface area (Å²) in [6, 6.07) is 5.99. The summed E-state index contributed by atoms with van der Waals surface area (Å²) in [4.78, 5) is 31.1. The number of aromatic nitrogens is 2. The van der Waals surface area contributed by atoms with Crippen LogP contribution in [0.5, 0.6) is 0 Å². The third-order valence-electron chi connectivity index (χ3n) is 3.15. The number of nitrogens with two attached hydrogens (primary N) is 1. The Labute approximate surface area is 140 Å². The number of hydrogen-bond donors (Lipinski definition) is 3. The first-order valence-corrected chi connectivity index (χ1v) is 7.00. The van der Waals surface area contributed by atoms with E-state index in [0.717, 1.165) is 6.33 Å². The van der Waals surface area contributed by atoms with Gasteiger partial charge in [0.15, 0.2) is 0 Å². The Morgan fingerprint density at radius 3 is 2.43 bits per heavy atom. The van der Waals surface area contributed by atoms with Crippen LogP contribution in [-0.2, 0) is 4.79 Å². The number of ketones is 1. The second-order valence-corrected chi connectivity index (χ2v) is 5.50. The lowest BCUT2D eigenvalue weighted by molar-refractivity contribution is -0.142. The summed E-state index contributed by atoms with van der Waals surface area (Å²) >= 11 is 11.8. The van der Waals surface area contributed by atoms with Crippen molar-refractivity contribution in [1.29, 1.82) is 0 Å². The van der Waals surface area contributed by atoms with Crippen molar-refractivity contribution in [3.05, 3.63) is 46.3 Å². The van der Waals surface area contributed by atoms with Crippen LogP contribution in [0.4, 0.5) is 0 Å². The first kappa shape index (κ1) is 17.3. The van der Waals surface area contributed by atoms with E-state index in [9.17, 15) is 9.59 Å². The second-order valence-electron chi connectivity index (χ2n) is 4.68. The van der Waals surface area contributed by atoms with Gasteiger partial charge in [0.25, 0.3) is 0 Å². The van der Waals surface area contributed by atoms with E-state index in [4.69, 9.17) is 39.1 Å². The van der Waals surface area contributed by atoms with Crippen molar-refractivity contribution in [3.8, 4) is 11.3 Å². The van der Waals surface area contributed by atoms with E-state index in [-0.39, 0.29) is 5.69 Å². The quantitative estimate of drug-likeness (QED) is 0.546. The number of carbonyl (C=O) groups is 2. The highest BCUT2D eigenvalue weighted by Gasteiger charge is 2.43. The van der Waals surface area contributed by atoms with Gasteiger partial charge in [-0.05, 0) is 18.2 Å². The predicted molar refractivity (Wildman–Crippen MR) is 83.5 cm³/mol. The lowest BCUT2D eigenvalue weighted by Gasteiger charge is -2.19. The zero-order valence-corrected chi connectivity index (χ0v) is 13.0. The Kier molecular flexibility index (Phi) is 4.96. The molecule has 9 heteroatoms. The molecule has 1 aromatic carbocycles. The monoisotopic (exact) mass is 355 g/mol. The molecule has 0 unspecified atom stereocenters. The van der Waals surface area contributed by atoms with Gasteiger partial charge in [0.2, 0.25) is 11.3 Å². The zero-order valence-electron chi connectivity index (χ0n) is 11.5. The summed E-state index contributed by atoms with van der Waals surface area (Å²) in [6.45, 7) is -1.06. The van der Waals surface area contributed by atoms with Crippen molar-refractivity contribution in [2.45, 2.75) is 5.54 Å². The largest absolute Gasteiger partial charge is 0.479 e. The molecule has 0 saturated heterocycles. The molecule has 0 bridgehead atoms. The summed E-state index contributed by atoms with van der Waals surface area (Å²) in [7, 11) is 0. The number of rotatable bonds is 5. The van der Waals surface area contributed by atoms with Gasteiger partial charge in [0.1, 0.15) is 12.0 Å². The molecule has 1 aromatic heterocycles. The maximum atomic E-state index is 12.2. The molecule has 2 rings (SSSR count). The average Bonchev–Trinajstić information content (AvgIpc) is 2.55. The Bertz CT molecular complexity index is 784. The normalized spacial score (nSPS) is 13.4. The molecular formula is C14H11Cl2N3O4. The van der Waals surface area contributed by atoms with Gasteiger partial charge in [-0.1, -0.05) is 29.3 Å². The highest BCUT2D eigenvalue weighted by Crippen LogP contribution is 2.27. The van der Waals surface area contributed by atoms with Crippen LogP contribution in [0.1, 0.15) is 10.5 Å². The summed E-state index contributed by atoms with van der Waals surface area (Å²) in [5.74, 6) is -2.68. The number of aliphatic hydroxyl groups is 1. The van der Waals surface area contributed by atoms with Crippen molar-refractivity contribution in [3.63, 3.8) is 0 Å². The standard InChI is InChI=1S/C14H11Cl2N3O4/c15-8-2-1-7(3-9(8)16)10-4-11(19-6-18-10)12(21)14(17,5-20)13(22)23/h1-4,6,20H,5,17H2,(H,22,23)/t14-/m0/s1. The third-order valence-corrected chi connectivity index (χ3v) is 3.89. The SMILES string of the molecule is N[C@](CO)(C(=O)O)C(=O)c1cc(-c2ccc(Cl)c(Cl)c2)ncn1. The van der Waals surface area contributed by atoms with Gasteiger partial charge in [-0.3, -0.25) is 4.79 Å². The molecule has 0 amide bonds. The minimum Gasteiger partial charge on any atom is -0.479 e. The number of carboxylic acid groups (broad SMARTS) is 1.